The molecule has 172 valence electrons. The Morgan fingerprint density at radius 1 is 0.417 bits per heavy atom. The van der Waals surface area contributed by atoms with Gasteiger partial charge in [-0.25, -0.2) is 0 Å². The molecule has 0 radical (unpaired) electrons. The lowest BCUT2D eigenvalue weighted by molar-refractivity contribution is 0.202. The zero-order chi connectivity index (χ0) is 24.6. The fourth-order valence-electron chi connectivity index (χ4n) is 5.86. The molecule has 36 heavy (non-hydrogen) atoms. The molecule has 2 N–H and O–H groups in total. The molecule has 4 aromatic rings. The monoisotopic (exact) mass is 464 g/mol. The van der Waals surface area contributed by atoms with Crippen LogP contribution < -0.4 is 0 Å². The van der Waals surface area contributed by atoms with Crippen LogP contribution in [-0.4, -0.2) is 23.4 Å². The molecule has 0 unspecified atom stereocenters. The molecule has 2 nitrogen and oxygen atoms in total. The third-order valence-corrected chi connectivity index (χ3v) is 7.48. The van der Waals surface area contributed by atoms with E-state index in [1.165, 1.54) is 0 Å². The van der Waals surface area contributed by atoms with Crippen LogP contribution in [-0.2, 0) is 10.8 Å². The molecule has 2 heteroatoms. The summed E-state index contributed by atoms with van der Waals surface area (Å²) < 4.78 is 0. The molecule has 3 aliphatic carbocycles. The summed E-state index contributed by atoms with van der Waals surface area (Å²) in [4.78, 5) is 0. The molecule has 4 aromatic carbocycles. The van der Waals surface area contributed by atoms with Crippen LogP contribution in [0.2, 0.25) is 0 Å². The molecule has 0 aliphatic heterocycles. The first-order valence-corrected chi connectivity index (χ1v) is 12.1. The summed E-state index contributed by atoms with van der Waals surface area (Å²) in [5.41, 5.74) is 5.44. The van der Waals surface area contributed by atoms with Gasteiger partial charge in [0, 0.05) is 22.3 Å². The van der Waals surface area contributed by atoms with Crippen LogP contribution in [0.1, 0.15) is 33.4 Å². The van der Waals surface area contributed by atoms with Crippen LogP contribution in [0, 0.1) is 23.7 Å². The average molecular weight is 465 g/mol. The maximum absolute atomic E-state index is 11.2. The molecular weight excluding hydrogens is 440 g/mol. The summed E-state index contributed by atoms with van der Waals surface area (Å²) in [5.74, 6) is 13.5. The number of aliphatic hydroxyl groups is 2. The lowest BCUT2D eigenvalue weighted by Gasteiger charge is -2.54. The van der Waals surface area contributed by atoms with E-state index >= 15 is 0 Å². The number of aliphatic hydroxyl groups excluding tert-OH is 2. The van der Waals surface area contributed by atoms with Crippen molar-refractivity contribution in [2.75, 3.05) is 13.2 Å². The smallest absolute Gasteiger partial charge is 0.0777 e. The summed E-state index contributed by atoms with van der Waals surface area (Å²) in [6.07, 6.45) is 0. The lowest BCUT2D eigenvalue weighted by Crippen LogP contribution is -2.54. The van der Waals surface area contributed by atoms with Crippen LogP contribution in [0.3, 0.4) is 0 Å². The van der Waals surface area contributed by atoms with E-state index in [4.69, 9.17) is 0 Å². The van der Waals surface area contributed by atoms with Gasteiger partial charge in [-0.05, 0) is 46.5 Å². The highest BCUT2D eigenvalue weighted by Gasteiger charge is 2.59. The normalized spacial score (nSPS) is 20.9. The van der Waals surface area contributed by atoms with Gasteiger partial charge in [0.05, 0.1) is 24.0 Å². The second-order valence-electron chi connectivity index (χ2n) is 9.20. The molecule has 0 spiro atoms. The van der Waals surface area contributed by atoms with Gasteiger partial charge in [0.1, 0.15) is 0 Å². The number of benzene rings is 4. The van der Waals surface area contributed by atoms with E-state index in [0.29, 0.717) is 0 Å². The molecule has 0 amide bonds. The predicted molar refractivity (Wildman–Crippen MR) is 142 cm³/mol. The van der Waals surface area contributed by atoms with Gasteiger partial charge in [-0.2, -0.15) is 0 Å². The Labute approximate surface area is 211 Å². The van der Waals surface area contributed by atoms with Crippen LogP contribution in [0.25, 0.3) is 0 Å². The van der Waals surface area contributed by atoms with Crippen molar-refractivity contribution < 1.29 is 10.2 Å². The van der Waals surface area contributed by atoms with E-state index in [9.17, 15) is 10.2 Å². The quantitative estimate of drug-likeness (QED) is 0.411. The Morgan fingerprint density at radius 3 is 1.03 bits per heavy atom. The van der Waals surface area contributed by atoms with Gasteiger partial charge in [0.25, 0.3) is 0 Å². The van der Waals surface area contributed by atoms with Crippen molar-refractivity contribution in [2.45, 2.75) is 10.8 Å². The topological polar surface area (TPSA) is 40.5 Å². The fraction of sp³-hybridized carbons (Fsp3) is 0.118. The fourth-order valence-corrected chi connectivity index (χ4v) is 5.86. The minimum atomic E-state index is -0.868. The molecule has 0 heterocycles. The molecule has 0 fully saturated rings. The zero-order valence-electron chi connectivity index (χ0n) is 19.7. The molecule has 0 aromatic heterocycles. The van der Waals surface area contributed by atoms with E-state index in [0.717, 1.165) is 44.5 Å². The first kappa shape index (κ1) is 22.1. The van der Waals surface area contributed by atoms with Gasteiger partial charge in [-0.3, -0.25) is 0 Å². The average Bonchev–Trinajstić information content (AvgIpc) is 2.96. The van der Waals surface area contributed by atoms with Crippen molar-refractivity contribution in [3.8, 4) is 23.7 Å². The van der Waals surface area contributed by atoms with Crippen LogP contribution in [0.5, 0.6) is 0 Å². The lowest BCUT2D eigenvalue weighted by atomic mass is 9.47. The number of hydrogen-bond acceptors (Lipinski definition) is 2. The van der Waals surface area contributed by atoms with Crippen molar-refractivity contribution in [3.63, 3.8) is 0 Å². The minimum absolute atomic E-state index is 0.155. The third-order valence-electron chi connectivity index (χ3n) is 7.48. The number of hydrogen-bond donors (Lipinski definition) is 2. The van der Waals surface area contributed by atoms with Crippen molar-refractivity contribution in [1.82, 2.24) is 0 Å². The zero-order valence-corrected chi connectivity index (χ0v) is 19.7. The molecule has 3 aliphatic rings. The third kappa shape index (κ3) is 3.03. The van der Waals surface area contributed by atoms with E-state index in [1.54, 1.807) is 0 Å². The molecular formula is C34H24O2. The highest BCUT2D eigenvalue weighted by atomic mass is 16.3. The van der Waals surface area contributed by atoms with Gasteiger partial charge in [0.2, 0.25) is 0 Å². The molecule has 2 bridgehead atoms. The second-order valence-corrected chi connectivity index (χ2v) is 9.20. The summed E-state index contributed by atoms with van der Waals surface area (Å²) in [5, 5.41) is 22.3. The van der Waals surface area contributed by atoms with E-state index in [-0.39, 0.29) is 13.2 Å². The maximum Gasteiger partial charge on any atom is 0.0777 e. The Balaban J connectivity index is 1.74. The second kappa shape index (κ2) is 8.71. The Bertz CT molecular complexity index is 1440. The van der Waals surface area contributed by atoms with Crippen molar-refractivity contribution in [2.24, 2.45) is 0 Å². The van der Waals surface area contributed by atoms with Gasteiger partial charge in [-0.15, -0.1) is 0 Å². The van der Waals surface area contributed by atoms with Crippen LogP contribution >= 0.6 is 0 Å². The first-order chi connectivity index (χ1) is 17.8. The highest BCUT2D eigenvalue weighted by Crippen LogP contribution is 2.61. The SMILES string of the molecule is OCC12C(C#Cc3ccccc3)=C(C#Cc3ccccc3)C(CO)(c3ccccc31)c1ccccc12. The van der Waals surface area contributed by atoms with E-state index < -0.39 is 10.8 Å². The summed E-state index contributed by atoms with van der Waals surface area (Å²) >= 11 is 0. The summed E-state index contributed by atoms with van der Waals surface area (Å²) in [7, 11) is 0. The van der Waals surface area contributed by atoms with Crippen molar-refractivity contribution >= 4 is 0 Å². The maximum atomic E-state index is 11.2. The van der Waals surface area contributed by atoms with E-state index in [1.807, 2.05) is 84.9 Å². The Hall–Kier alpha value is -4.34. The number of rotatable bonds is 2. The summed E-state index contributed by atoms with van der Waals surface area (Å²) in [6.45, 7) is -0.310. The molecule has 7 rings (SSSR count). The van der Waals surface area contributed by atoms with Crippen molar-refractivity contribution in [3.05, 3.63) is 154 Å². The van der Waals surface area contributed by atoms with Gasteiger partial charge in [-0.1, -0.05) is 109 Å². The molecule has 0 saturated carbocycles. The van der Waals surface area contributed by atoms with E-state index in [2.05, 4.69) is 47.9 Å². The summed E-state index contributed by atoms with van der Waals surface area (Å²) in [6, 6.07) is 35.8. The Morgan fingerprint density at radius 2 is 0.722 bits per heavy atom. The minimum Gasteiger partial charge on any atom is -0.395 e. The Kier molecular flexibility index (Phi) is 5.36. The van der Waals surface area contributed by atoms with Crippen molar-refractivity contribution in [1.29, 1.82) is 0 Å². The molecule has 0 atom stereocenters. The van der Waals surface area contributed by atoms with Crippen LogP contribution in [0.15, 0.2) is 120 Å². The predicted octanol–water partition coefficient (Wildman–Crippen LogP) is 4.97. The van der Waals surface area contributed by atoms with Gasteiger partial charge in [0.15, 0.2) is 0 Å². The first-order valence-electron chi connectivity index (χ1n) is 12.1. The van der Waals surface area contributed by atoms with Gasteiger partial charge >= 0.3 is 0 Å². The highest BCUT2D eigenvalue weighted by molar-refractivity contribution is 5.79. The molecule has 0 saturated heterocycles. The largest absolute Gasteiger partial charge is 0.395 e. The van der Waals surface area contributed by atoms with Crippen LogP contribution in [0.4, 0.5) is 0 Å². The standard InChI is InChI=1S/C34H24O2/c35-23-33-27-15-7-9-17-29(27)34(24-36,30-18-10-8-16-28(30)33)32(22-20-26-13-5-2-6-14-26)31(33)21-19-25-11-3-1-4-12-25/h1-18,35-36H,23-24H2. The van der Waals surface area contributed by atoms with Gasteiger partial charge < -0.3 is 10.2 Å².